The number of ether oxygens (including phenoxy) is 3. The van der Waals surface area contributed by atoms with E-state index in [0.29, 0.717) is 22.7 Å². The Hall–Kier alpha value is -2.98. The zero-order valence-corrected chi connectivity index (χ0v) is 19.6. The molecule has 0 spiro atoms. The number of esters is 1. The number of aryl methyl sites for hydroxylation is 1. The molecule has 3 heterocycles. The van der Waals surface area contributed by atoms with E-state index < -0.39 is 5.97 Å². The predicted molar refractivity (Wildman–Crippen MR) is 123 cm³/mol. The van der Waals surface area contributed by atoms with E-state index in [1.165, 1.54) is 23.1 Å². The number of nitrogens with zero attached hydrogens (tertiary/aromatic N) is 2. The monoisotopic (exact) mass is 473 g/mol. The van der Waals surface area contributed by atoms with Crippen LogP contribution in [0.15, 0.2) is 35.7 Å². The summed E-state index contributed by atoms with van der Waals surface area (Å²) < 4.78 is 17.9. The molecule has 0 aliphatic carbocycles. The Kier molecular flexibility index (Phi) is 6.71. The van der Waals surface area contributed by atoms with Gasteiger partial charge in [-0.1, -0.05) is 17.8 Å². The van der Waals surface area contributed by atoms with Crippen LogP contribution in [0.5, 0.6) is 11.5 Å². The van der Waals surface area contributed by atoms with E-state index in [0.717, 1.165) is 26.9 Å². The molecule has 0 radical (unpaired) electrons. The normalized spacial score (nSPS) is 12.1. The highest BCUT2D eigenvalue weighted by molar-refractivity contribution is 7.99. The smallest absolute Gasteiger partial charge is 0.341 e. The number of rotatable bonds is 8. The number of fused-ring (bicyclic) bond motifs is 1. The minimum Gasteiger partial charge on any atom is -0.462 e. The Bertz CT molecular complexity index is 1150. The number of nitrogens with one attached hydrogen (secondary N) is 1. The van der Waals surface area contributed by atoms with Gasteiger partial charge in [0.15, 0.2) is 16.7 Å². The van der Waals surface area contributed by atoms with Crippen LogP contribution in [0.4, 0.5) is 5.00 Å². The number of benzene rings is 1. The first-order chi connectivity index (χ1) is 15.5. The van der Waals surface area contributed by atoms with Crippen LogP contribution in [-0.2, 0) is 23.0 Å². The van der Waals surface area contributed by atoms with Gasteiger partial charge in [-0.2, -0.15) is 0 Å². The van der Waals surface area contributed by atoms with E-state index >= 15 is 0 Å². The highest BCUT2D eigenvalue weighted by Gasteiger charge is 2.24. The van der Waals surface area contributed by atoms with Gasteiger partial charge in [0.05, 0.1) is 17.9 Å². The molecule has 0 saturated carbocycles. The first-order valence-electron chi connectivity index (χ1n) is 10.0. The Labute approximate surface area is 193 Å². The van der Waals surface area contributed by atoms with Gasteiger partial charge in [-0.05, 0) is 37.1 Å². The van der Waals surface area contributed by atoms with Crippen molar-refractivity contribution in [2.45, 2.75) is 25.4 Å². The van der Waals surface area contributed by atoms with E-state index in [1.54, 1.807) is 13.1 Å². The van der Waals surface area contributed by atoms with E-state index in [9.17, 15) is 9.59 Å². The topological polar surface area (TPSA) is 91.7 Å². The van der Waals surface area contributed by atoms with Crippen molar-refractivity contribution < 1.29 is 23.8 Å². The number of aromatic nitrogens is 2. The predicted octanol–water partition coefficient (Wildman–Crippen LogP) is 4.02. The van der Waals surface area contributed by atoms with Gasteiger partial charge in [0.2, 0.25) is 12.7 Å². The summed E-state index contributed by atoms with van der Waals surface area (Å²) in [5.74, 6) is 0.968. The lowest BCUT2D eigenvalue weighted by Crippen LogP contribution is -2.16. The van der Waals surface area contributed by atoms with Gasteiger partial charge in [0.1, 0.15) is 5.00 Å². The minimum absolute atomic E-state index is 0.182. The van der Waals surface area contributed by atoms with Crippen LogP contribution in [0.1, 0.15) is 33.3 Å². The third-order valence-corrected chi connectivity index (χ3v) is 7.15. The first-order valence-corrected chi connectivity index (χ1v) is 11.8. The molecule has 4 rings (SSSR count). The van der Waals surface area contributed by atoms with Crippen LogP contribution < -0.4 is 14.8 Å². The highest BCUT2D eigenvalue weighted by atomic mass is 32.2. The average molecular weight is 474 g/mol. The Balaban J connectivity index is 1.54. The lowest BCUT2D eigenvalue weighted by atomic mass is 10.1. The van der Waals surface area contributed by atoms with Crippen molar-refractivity contribution >= 4 is 40.0 Å². The van der Waals surface area contributed by atoms with E-state index in [4.69, 9.17) is 14.2 Å². The molecule has 168 valence electrons. The Morgan fingerprint density at radius 1 is 1.31 bits per heavy atom. The molecule has 0 saturated heterocycles. The Morgan fingerprint density at radius 2 is 2.12 bits per heavy atom. The number of anilines is 1. The first kappa shape index (κ1) is 22.2. The van der Waals surface area contributed by atoms with Gasteiger partial charge in [-0.15, -0.1) is 11.3 Å². The van der Waals surface area contributed by atoms with Gasteiger partial charge < -0.3 is 24.1 Å². The van der Waals surface area contributed by atoms with Crippen LogP contribution >= 0.6 is 23.1 Å². The molecule has 1 aliphatic heterocycles. The number of carbonyl (C=O) groups excluding carboxylic acids is 2. The van der Waals surface area contributed by atoms with Crippen molar-refractivity contribution in [3.63, 3.8) is 0 Å². The van der Waals surface area contributed by atoms with Crippen LogP contribution in [-0.4, -0.2) is 40.6 Å². The molecule has 1 aliphatic rings. The van der Waals surface area contributed by atoms with Crippen molar-refractivity contribution in [1.29, 1.82) is 0 Å². The van der Waals surface area contributed by atoms with E-state index in [2.05, 4.69) is 10.3 Å². The second kappa shape index (κ2) is 9.66. The van der Waals surface area contributed by atoms with Gasteiger partial charge in [-0.3, -0.25) is 4.79 Å². The fraction of sp³-hybridized carbons (Fsp3) is 0.318. The third-order valence-electron chi connectivity index (χ3n) is 4.89. The van der Waals surface area contributed by atoms with Crippen molar-refractivity contribution in [3.8, 4) is 11.5 Å². The van der Waals surface area contributed by atoms with Crippen LogP contribution in [0.3, 0.4) is 0 Å². The molecule has 8 nitrogen and oxygen atoms in total. The van der Waals surface area contributed by atoms with Gasteiger partial charge >= 0.3 is 5.97 Å². The number of hydrogen-bond donors (Lipinski definition) is 1. The summed E-state index contributed by atoms with van der Waals surface area (Å²) >= 11 is 2.72. The second-order valence-electron chi connectivity index (χ2n) is 7.10. The fourth-order valence-electron chi connectivity index (χ4n) is 3.29. The number of thioether (sulfide) groups is 1. The molecule has 0 bridgehead atoms. The molecule has 0 fully saturated rings. The second-order valence-corrected chi connectivity index (χ2v) is 9.14. The Morgan fingerprint density at radius 3 is 2.88 bits per heavy atom. The molecule has 1 amide bonds. The lowest BCUT2D eigenvalue weighted by molar-refractivity contribution is -0.113. The molecule has 1 N–H and O–H groups in total. The molecular weight excluding hydrogens is 450 g/mol. The summed E-state index contributed by atoms with van der Waals surface area (Å²) in [6.07, 6.45) is 4.10. The van der Waals surface area contributed by atoms with Crippen molar-refractivity contribution in [1.82, 2.24) is 9.55 Å². The van der Waals surface area contributed by atoms with Crippen LogP contribution in [0.2, 0.25) is 0 Å². The molecule has 3 aromatic rings. The molecule has 2 aromatic heterocycles. The quantitative estimate of drug-likeness (QED) is 0.390. The van der Waals surface area contributed by atoms with Gasteiger partial charge in [0.25, 0.3) is 0 Å². The summed E-state index contributed by atoms with van der Waals surface area (Å²) in [5.41, 5.74) is 2.23. The maximum Gasteiger partial charge on any atom is 0.341 e. The zero-order chi connectivity index (χ0) is 22.7. The maximum atomic E-state index is 12.7. The van der Waals surface area contributed by atoms with Gasteiger partial charge in [0, 0.05) is 30.7 Å². The van der Waals surface area contributed by atoms with Gasteiger partial charge in [-0.25, -0.2) is 9.78 Å². The van der Waals surface area contributed by atoms with Crippen LogP contribution in [0.25, 0.3) is 0 Å². The number of amides is 1. The maximum absolute atomic E-state index is 12.7. The van der Waals surface area contributed by atoms with Crippen molar-refractivity contribution in [2.24, 2.45) is 7.05 Å². The molecule has 10 heteroatoms. The molecule has 1 aromatic carbocycles. The zero-order valence-electron chi connectivity index (χ0n) is 18.0. The number of hydrogen-bond acceptors (Lipinski definition) is 8. The molecular formula is C22H23N3O5S2. The summed E-state index contributed by atoms with van der Waals surface area (Å²) in [6, 6.07) is 5.79. The van der Waals surface area contributed by atoms with E-state index in [1.807, 2.05) is 42.9 Å². The molecule has 0 unspecified atom stereocenters. The standard InChI is InChI=1S/C22H23N3O5S2/c1-4-28-21(27)19-13(2)17(10-14-5-6-15-16(9-14)30-12-29-15)32-20(19)24-18(26)11-31-22-23-7-8-25(22)3/h5-9H,4,10-12H2,1-3H3,(H,24,26). The van der Waals surface area contributed by atoms with E-state index in [-0.39, 0.29) is 25.1 Å². The summed E-state index contributed by atoms with van der Waals surface area (Å²) in [6.45, 7) is 4.11. The largest absolute Gasteiger partial charge is 0.462 e. The highest BCUT2D eigenvalue weighted by Crippen LogP contribution is 2.37. The summed E-state index contributed by atoms with van der Waals surface area (Å²) in [4.78, 5) is 30.4. The summed E-state index contributed by atoms with van der Waals surface area (Å²) in [7, 11) is 1.87. The lowest BCUT2D eigenvalue weighted by Gasteiger charge is -2.07. The summed E-state index contributed by atoms with van der Waals surface area (Å²) in [5, 5.41) is 4.15. The molecule has 32 heavy (non-hydrogen) atoms. The third kappa shape index (κ3) is 4.76. The van der Waals surface area contributed by atoms with Crippen molar-refractivity contribution in [3.05, 3.63) is 52.2 Å². The van der Waals surface area contributed by atoms with Crippen LogP contribution in [0, 0.1) is 6.92 Å². The van der Waals surface area contributed by atoms with Crippen molar-refractivity contribution in [2.75, 3.05) is 24.5 Å². The average Bonchev–Trinajstić information content (AvgIpc) is 3.46. The molecule has 0 atom stereocenters. The number of carbonyl (C=O) groups is 2. The number of thiophene rings is 1. The number of imidazole rings is 1. The SMILES string of the molecule is CCOC(=O)c1c(NC(=O)CSc2nccn2C)sc(Cc2ccc3c(c2)OCO3)c1C. The fourth-order valence-corrected chi connectivity index (χ4v) is 5.26. The minimum atomic E-state index is -0.440.